The van der Waals surface area contributed by atoms with E-state index in [1.807, 2.05) is 18.2 Å². The summed E-state index contributed by atoms with van der Waals surface area (Å²) in [4.78, 5) is 2.58. The van der Waals surface area contributed by atoms with E-state index in [-0.39, 0.29) is 10.9 Å². The zero-order valence-electron chi connectivity index (χ0n) is 13.6. The van der Waals surface area contributed by atoms with Crippen LogP contribution in [0.15, 0.2) is 59.5 Å². The second-order valence-corrected chi connectivity index (χ2v) is 8.50. The zero-order chi connectivity index (χ0) is 17.2. The summed E-state index contributed by atoms with van der Waals surface area (Å²) in [6.45, 7) is 4.61. The summed E-state index contributed by atoms with van der Waals surface area (Å²) < 4.78 is 27.2. The van der Waals surface area contributed by atoms with E-state index in [0.717, 1.165) is 13.1 Å². The molecule has 1 atom stereocenters. The van der Waals surface area contributed by atoms with Crippen LogP contribution in [0.3, 0.4) is 0 Å². The van der Waals surface area contributed by atoms with E-state index >= 15 is 0 Å². The van der Waals surface area contributed by atoms with Crippen molar-refractivity contribution in [2.24, 2.45) is 0 Å². The second kappa shape index (κ2) is 7.23. The minimum Gasteiger partial charge on any atom is -0.294 e. The van der Waals surface area contributed by atoms with Crippen molar-refractivity contribution in [1.29, 1.82) is 0 Å². The molecule has 0 spiro atoms. The minimum absolute atomic E-state index is 0.160. The fraction of sp³-hybridized carbons (Fsp3) is 0.333. The highest BCUT2D eigenvalue weighted by atomic mass is 35.5. The first kappa shape index (κ1) is 17.4. The van der Waals surface area contributed by atoms with Crippen molar-refractivity contribution >= 4 is 21.6 Å². The van der Waals surface area contributed by atoms with Crippen molar-refractivity contribution in [1.82, 2.24) is 9.21 Å². The highest BCUT2D eigenvalue weighted by Gasteiger charge is 2.32. The standard InChI is InChI=1S/C18H21ClN2O2S/c1-15-13-21(24(22,23)18-9-5-8-17(19)12-18)11-10-20(15)14-16-6-3-2-4-7-16/h2-9,12,15H,10-11,13-14H2,1H3. The van der Waals surface area contributed by atoms with E-state index in [1.165, 1.54) is 11.6 Å². The van der Waals surface area contributed by atoms with Crippen molar-refractivity contribution in [2.75, 3.05) is 19.6 Å². The van der Waals surface area contributed by atoms with Crippen molar-refractivity contribution in [2.45, 2.75) is 24.4 Å². The lowest BCUT2D eigenvalue weighted by Crippen LogP contribution is -2.53. The third kappa shape index (κ3) is 3.81. The average molecular weight is 365 g/mol. The van der Waals surface area contributed by atoms with Gasteiger partial charge in [0.2, 0.25) is 10.0 Å². The van der Waals surface area contributed by atoms with Gasteiger partial charge in [0, 0.05) is 37.2 Å². The second-order valence-electron chi connectivity index (χ2n) is 6.13. The van der Waals surface area contributed by atoms with E-state index < -0.39 is 10.0 Å². The molecule has 2 aromatic rings. The lowest BCUT2D eigenvalue weighted by molar-refractivity contribution is 0.122. The van der Waals surface area contributed by atoms with Crippen molar-refractivity contribution in [3.63, 3.8) is 0 Å². The molecule has 1 fully saturated rings. The number of hydrogen-bond donors (Lipinski definition) is 0. The molecule has 1 aliphatic heterocycles. The maximum absolute atomic E-state index is 12.8. The summed E-state index contributed by atoms with van der Waals surface area (Å²) in [5, 5.41) is 0.437. The Labute approximate surface area is 148 Å². The topological polar surface area (TPSA) is 40.6 Å². The number of piperazine rings is 1. The van der Waals surface area contributed by atoms with E-state index in [9.17, 15) is 8.42 Å². The Morgan fingerprint density at radius 3 is 2.50 bits per heavy atom. The molecule has 0 aromatic heterocycles. The van der Waals surface area contributed by atoms with Gasteiger partial charge < -0.3 is 0 Å². The predicted molar refractivity (Wildman–Crippen MR) is 96.5 cm³/mol. The molecular weight excluding hydrogens is 344 g/mol. The Balaban J connectivity index is 1.71. The first-order valence-electron chi connectivity index (χ1n) is 8.00. The molecule has 1 aliphatic rings. The van der Waals surface area contributed by atoms with Crippen molar-refractivity contribution in [3.05, 3.63) is 65.2 Å². The van der Waals surface area contributed by atoms with Gasteiger partial charge in [-0.3, -0.25) is 4.90 Å². The molecule has 2 aromatic carbocycles. The van der Waals surface area contributed by atoms with Crippen molar-refractivity contribution in [3.8, 4) is 0 Å². The number of nitrogens with zero attached hydrogens (tertiary/aromatic N) is 2. The Kier molecular flexibility index (Phi) is 5.25. The van der Waals surface area contributed by atoms with Crippen LogP contribution in [0.4, 0.5) is 0 Å². The molecule has 0 N–H and O–H groups in total. The molecule has 1 unspecified atom stereocenters. The third-order valence-electron chi connectivity index (χ3n) is 4.39. The number of hydrogen-bond acceptors (Lipinski definition) is 3. The number of halogens is 1. The fourth-order valence-corrected chi connectivity index (χ4v) is 4.82. The van der Waals surface area contributed by atoms with Gasteiger partial charge in [-0.05, 0) is 30.7 Å². The van der Waals surface area contributed by atoms with Crippen LogP contribution < -0.4 is 0 Å². The largest absolute Gasteiger partial charge is 0.294 e. The molecule has 0 amide bonds. The first-order chi connectivity index (χ1) is 11.5. The van der Waals surface area contributed by atoms with E-state index in [4.69, 9.17) is 11.6 Å². The van der Waals surface area contributed by atoms with Crippen LogP contribution in [0.2, 0.25) is 5.02 Å². The fourth-order valence-electron chi connectivity index (χ4n) is 3.01. The average Bonchev–Trinajstić information content (AvgIpc) is 2.57. The molecule has 0 aliphatic carbocycles. The molecule has 1 saturated heterocycles. The van der Waals surface area contributed by atoms with Gasteiger partial charge in [-0.25, -0.2) is 8.42 Å². The molecule has 128 valence electrons. The Bertz CT molecular complexity index is 796. The smallest absolute Gasteiger partial charge is 0.243 e. The van der Waals surface area contributed by atoms with Crippen LogP contribution in [-0.2, 0) is 16.6 Å². The van der Waals surface area contributed by atoms with Crippen LogP contribution in [0.1, 0.15) is 12.5 Å². The van der Waals surface area contributed by atoms with Crippen LogP contribution in [0.5, 0.6) is 0 Å². The normalized spacial score (nSPS) is 20.2. The highest BCUT2D eigenvalue weighted by molar-refractivity contribution is 7.89. The summed E-state index contributed by atoms with van der Waals surface area (Å²) in [7, 11) is -3.49. The van der Waals surface area contributed by atoms with Gasteiger partial charge in [-0.15, -0.1) is 0 Å². The molecule has 4 nitrogen and oxygen atoms in total. The summed E-state index contributed by atoms with van der Waals surface area (Å²) >= 11 is 5.94. The summed E-state index contributed by atoms with van der Waals surface area (Å²) in [6, 6.07) is 16.9. The molecular formula is C18H21ClN2O2S. The Morgan fingerprint density at radius 1 is 1.08 bits per heavy atom. The van der Waals surface area contributed by atoms with Crippen LogP contribution in [0, 0.1) is 0 Å². The van der Waals surface area contributed by atoms with E-state index in [2.05, 4.69) is 24.0 Å². The van der Waals surface area contributed by atoms with Crippen LogP contribution in [-0.4, -0.2) is 43.3 Å². The molecule has 1 heterocycles. The summed E-state index contributed by atoms with van der Waals surface area (Å²) in [6.07, 6.45) is 0. The van der Waals surface area contributed by atoms with Gasteiger partial charge in [-0.2, -0.15) is 4.31 Å². The summed E-state index contributed by atoms with van der Waals surface area (Å²) in [5.41, 5.74) is 1.25. The molecule has 3 rings (SSSR count). The van der Waals surface area contributed by atoms with Crippen molar-refractivity contribution < 1.29 is 8.42 Å². The predicted octanol–water partition coefficient (Wildman–Crippen LogP) is 3.24. The van der Waals surface area contributed by atoms with Gasteiger partial charge in [-0.1, -0.05) is 48.0 Å². The number of rotatable bonds is 4. The number of benzene rings is 2. The lowest BCUT2D eigenvalue weighted by Gasteiger charge is -2.39. The highest BCUT2D eigenvalue weighted by Crippen LogP contribution is 2.23. The van der Waals surface area contributed by atoms with Gasteiger partial charge in [0.1, 0.15) is 0 Å². The van der Waals surface area contributed by atoms with Gasteiger partial charge in [0.15, 0.2) is 0 Å². The third-order valence-corrected chi connectivity index (χ3v) is 6.49. The van der Waals surface area contributed by atoms with Gasteiger partial charge >= 0.3 is 0 Å². The molecule has 0 saturated carbocycles. The Morgan fingerprint density at radius 2 is 1.83 bits per heavy atom. The van der Waals surface area contributed by atoms with E-state index in [0.29, 0.717) is 18.1 Å². The van der Waals surface area contributed by atoms with Gasteiger partial charge in [0.05, 0.1) is 4.90 Å². The van der Waals surface area contributed by atoms with Crippen LogP contribution in [0.25, 0.3) is 0 Å². The quantitative estimate of drug-likeness (QED) is 0.836. The molecule has 6 heteroatoms. The maximum Gasteiger partial charge on any atom is 0.243 e. The molecule has 24 heavy (non-hydrogen) atoms. The van der Waals surface area contributed by atoms with Crippen LogP contribution >= 0.6 is 11.6 Å². The molecule has 0 bridgehead atoms. The van der Waals surface area contributed by atoms with Gasteiger partial charge in [0.25, 0.3) is 0 Å². The Hall–Kier alpha value is -1.40. The number of sulfonamides is 1. The summed E-state index contributed by atoms with van der Waals surface area (Å²) in [5.74, 6) is 0. The lowest BCUT2D eigenvalue weighted by atomic mass is 10.1. The minimum atomic E-state index is -3.49. The first-order valence-corrected chi connectivity index (χ1v) is 9.82. The zero-order valence-corrected chi connectivity index (χ0v) is 15.2. The maximum atomic E-state index is 12.8. The molecule has 0 radical (unpaired) electrons. The SMILES string of the molecule is CC1CN(S(=O)(=O)c2cccc(Cl)c2)CCN1Cc1ccccc1. The van der Waals surface area contributed by atoms with E-state index in [1.54, 1.807) is 22.5 Å². The monoisotopic (exact) mass is 364 g/mol.